The number of nitrogens with zero attached hydrogens (tertiary/aromatic N) is 2. The number of hydrogen-bond donors (Lipinski definition) is 1. The van der Waals surface area contributed by atoms with Crippen LogP contribution in [0.5, 0.6) is 0 Å². The van der Waals surface area contributed by atoms with Gasteiger partial charge in [-0.25, -0.2) is 0 Å². The van der Waals surface area contributed by atoms with Crippen molar-refractivity contribution in [3.63, 3.8) is 0 Å². The molecule has 1 aliphatic rings. The number of anilines is 1. The minimum atomic E-state index is -0.00992. The van der Waals surface area contributed by atoms with E-state index < -0.39 is 0 Å². The van der Waals surface area contributed by atoms with Gasteiger partial charge in [0.05, 0.1) is 12.2 Å². The Bertz CT molecular complexity index is 715. The van der Waals surface area contributed by atoms with E-state index in [0.29, 0.717) is 17.6 Å². The van der Waals surface area contributed by atoms with Crippen LogP contribution in [-0.4, -0.2) is 10.6 Å². The number of aromatic nitrogens is 2. The van der Waals surface area contributed by atoms with Crippen molar-refractivity contribution in [1.82, 2.24) is 4.68 Å². The summed E-state index contributed by atoms with van der Waals surface area (Å²) in [6.45, 7) is 4.25. The Labute approximate surface area is 179 Å². The average molecular weight is 436 g/mol. The quantitative estimate of drug-likeness (QED) is 0.719. The average Bonchev–Trinajstić information content (AvgIpc) is 3.00. The Morgan fingerprint density at radius 1 is 1.24 bits per heavy atom. The van der Waals surface area contributed by atoms with Crippen molar-refractivity contribution < 1.29 is 42.2 Å². The van der Waals surface area contributed by atoms with Crippen LogP contribution in [0.4, 0.5) is 5.69 Å². The molecule has 3 rings (SSSR count). The fraction of sp³-hybridized carbons (Fsp3) is 0.474. The van der Waals surface area contributed by atoms with Gasteiger partial charge < -0.3 is 5.32 Å². The molecule has 2 aromatic rings. The fourth-order valence-corrected chi connectivity index (χ4v) is 3.96. The van der Waals surface area contributed by atoms with E-state index in [1.807, 2.05) is 42.9 Å². The van der Waals surface area contributed by atoms with E-state index in [-0.39, 0.29) is 38.6 Å². The van der Waals surface area contributed by atoms with E-state index in [2.05, 4.69) is 16.2 Å². The molecule has 0 bridgehead atoms. The van der Waals surface area contributed by atoms with Crippen LogP contribution in [0.2, 0.25) is 5.02 Å². The molecule has 1 fully saturated rings. The molecule has 25 heavy (non-hydrogen) atoms. The SMILES string of the molecule is Cc1cc(Cl)cc(C)c1NC(=O)C[n+]1cccn1C1CCCCC1.[Y]. The monoisotopic (exact) mass is 435 g/mol. The predicted molar refractivity (Wildman–Crippen MR) is 96.3 cm³/mol. The van der Waals surface area contributed by atoms with Crippen LogP contribution in [0.15, 0.2) is 30.6 Å². The van der Waals surface area contributed by atoms with Crippen molar-refractivity contribution in [1.29, 1.82) is 0 Å². The Morgan fingerprint density at radius 2 is 1.88 bits per heavy atom. The van der Waals surface area contributed by atoms with Gasteiger partial charge in [0.1, 0.15) is 0 Å². The molecule has 1 aromatic carbocycles. The fourth-order valence-electron chi connectivity index (χ4n) is 3.63. The molecule has 0 unspecified atom stereocenters. The molecular weight excluding hydrogens is 411 g/mol. The Balaban J connectivity index is 0.00000225. The molecule has 0 saturated heterocycles. The molecule has 1 amide bonds. The summed E-state index contributed by atoms with van der Waals surface area (Å²) in [7, 11) is 0. The first-order chi connectivity index (χ1) is 11.5. The van der Waals surface area contributed by atoms with Crippen LogP contribution < -0.4 is 10.00 Å². The van der Waals surface area contributed by atoms with Crippen molar-refractivity contribution in [2.45, 2.75) is 58.5 Å². The molecule has 1 aromatic heterocycles. The van der Waals surface area contributed by atoms with Gasteiger partial charge in [-0.1, -0.05) is 30.9 Å². The second-order valence-corrected chi connectivity index (χ2v) is 7.16. The van der Waals surface area contributed by atoms with Crippen molar-refractivity contribution in [3.8, 4) is 0 Å². The maximum atomic E-state index is 12.5. The van der Waals surface area contributed by atoms with Crippen LogP contribution in [0.3, 0.4) is 0 Å². The van der Waals surface area contributed by atoms with Gasteiger partial charge in [0, 0.05) is 49.5 Å². The Morgan fingerprint density at radius 3 is 2.52 bits per heavy atom. The van der Waals surface area contributed by atoms with E-state index in [1.54, 1.807) is 0 Å². The first kappa shape index (κ1) is 20.6. The summed E-state index contributed by atoms with van der Waals surface area (Å²) in [5.41, 5.74) is 2.84. The van der Waals surface area contributed by atoms with E-state index in [4.69, 9.17) is 11.6 Å². The minimum Gasteiger partial charge on any atom is -0.320 e. The van der Waals surface area contributed by atoms with Gasteiger partial charge in [-0.3, -0.25) is 4.79 Å². The zero-order valence-corrected chi connectivity index (χ0v) is 18.6. The molecule has 1 radical (unpaired) electrons. The number of nitrogens with one attached hydrogen (secondary N) is 1. The third-order valence-electron chi connectivity index (χ3n) is 4.81. The van der Waals surface area contributed by atoms with E-state index in [0.717, 1.165) is 16.8 Å². The van der Waals surface area contributed by atoms with Crippen molar-refractivity contribution in [2.75, 3.05) is 5.32 Å². The molecule has 0 atom stereocenters. The molecular formula is C19H25ClN3OY+. The second kappa shape index (κ2) is 9.29. The summed E-state index contributed by atoms with van der Waals surface area (Å²) in [6, 6.07) is 6.28. The number of carbonyl (C=O) groups excluding carboxylic acids is 1. The summed E-state index contributed by atoms with van der Waals surface area (Å²) in [5.74, 6) is -0.00992. The van der Waals surface area contributed by atoms with Gasteiger partial charge >= 0.3 is 0 Å². The summed E-state index contributed by atoms with van der Waals surface area (Å²) < 4.78 is 4.24. The molecule has 0 aliphatic heterocycles. The number of amides is 1. The first-order valence-electron chi connectivity index (χ1n) is 8.68. The van der Waals surface area contributed by atoms with Crippen molar-refractivity contribution in [2.24, 2.45) is 0 Å². The van der Waals surface area contributed by atoms with Crippen LogP contribution >= 0.6 is 11.6 Å². The van der Waals surface area contributed by atoms with Gasteiger partial charge in [0.15, 0.2) is 6.20 Å². The topological polar surface area (TPSA) is 37.9 Å². The van der Waals surface area contributed by atoms with E-state index >= 15 is 0 Å². The summed E-state index contributed by atoms with van der Waals surface area (Å²) >= 11 is 6.06. The molecule has 1 N–H and O–H groups in total. The van der Waals surface area contributed by atoms with Crippen LogP contribution in [0, 0.1) is 13.8 Å². The van der Waals surface area contributed by atoms with Crippen LogP contribution in [-0.2, 0) is 44.0 Å². The van der Waals surface area contributed by atoms with Gasteiger partial charge in [0.2, 0.25) is 6.54 Å². The molecule has 131 valence electrons. The largest absolute Gasteiger partial charge is 0.320 e. The number of benzene rings is 1. The van der Waals surface area contributed by atoms with Crippen molar-refractivity contribution in [3.05, 3.63) is 46.7 Å². The van der Waals surface area contributed by atoms with Gasteiger partial charge in [-0.05, 0) is 49.9 Å². The third kappa shape index (κ3) is 5.15. The summed E-state index contributed by atoms with van der Waals surface area (Å²) in [4.78, 5) is 12.5. The molecule has 4 nitrogen and oxygen atoms in total. The Kier molecular flexibility index (Phi) is 7.66. The van der Waals surface area contributed by atoms with Crippen LogP contribution in [0.25, 0.3) is 0 Å². The van der Waals surface area contributed by atoms with Crippen molar-refractivity contribution >= 4 is 23.2 Å². The maximum Gasteiger partial charge on any atom is 0.292 e. The molecule has 0 spiro atoms. The molecule has 6 heteroatoms. The minimum absolute atomic E-state index is 0. The number of halogens is 1. The summed E-state index contributed by atoms with van der Waals surface area (Å²) in [6.07, 6.45) is 10.3. The molecule has 1 heterocycles. The third-order valence-corrected chi connectivity index (χ3v) is 5.03. The number of carbonyl (C=O) groups is 1. The van der Waals surface area contributed by atoms with Crippen LogP contribution in [0.1, 0.15) is 49.3 Å². The standard InChI is InChI=1S/C19H24ClN3O.Y/c1-14-11-16(20)12-15(2)19(14)21-18(24)13-22-9-6-10-23(22)17-7-4-3-5-8-17;/h6,9-12,17H,3-5,7-8,13H2,1-2H3;/p+1. The number of rotatable bonds is 4. The number of hydrogen-bond acceptors (Lipinski definition) is 1. The van der Waals surface area contributed by atoms with Gasteiger partial charge in [0.25, 0.3) is 5.91 Å². The second-order valence-electron chi connectivity index (χ2n) is 6.72. The first-order valence-corrected chi connectivity index (χ1v) is 9.05. The zero-order chi connectivity index (χ0) is 17.1. The van der Waals surface area contributed by atoms with E-state index in [9.17, 15) is 4.79 Å². The van der Waals surface area contributed by atoms with Gasteiger partial charge in [-0.2, -0.15) is 4.68 Å². The summed E-state index contributed by atoms with van der Waals surface area (Å²) in [5, 5.41) is 3.74. The predicted octanol–water partition coefficient (Wildman–Crippen LogP) is 4.19. The smallest absolute Gasteiger partial charge is 0.292 e. The number of aryl methyl sites for hydroxylation is 2. The van der Waals surface area contributed by atoms with E-state index in [1.165, 1.54) is 32.1 Å². The zero-order valence-electron chi connectivity index (χ0n) is 15.0. The molecule has 1 aliphatic carbocycles. The van der Waals surface area contributed by atoms with Gasteiger partial charge in [-0.15, -0.1) is 4.68 Å². The normalized spacial score (nSPS) is 14.8. The maximum absolute atomic E-state index is 12.5. The Hall–Kier alpha value is -0.706. The molecule has 1 saturated carbocycles.